The van der Waals surface area contributed by atoms with Crippen molar-refractivity contribution in [3.8, 4) is 0 Å². The number of rotatable bonds is 64. The van der Waals surface area contributed by atoms with Gasteiger partial charge in [0.2, 0.25) is 0 Å². The molecule has 87 heavy (non-hydrogen) atoms. The van der Waals surface area contributed by atoms with Gasteiger partial charge < -0.3 is 33.8 Å². The van der Waals surface area contributed by atoms with Crippen LogP contribution in [0, 0.1) is 17.8 Å². The minimum atomic E-state index is -4.96. The van der Waals surface area contributed by atoms with Crippen molar-refractivity contribution in [1.82, 2.24) is 0 Å². The van der Waals surface area contributed by atoms with Crippen LogP contribution in [0.5, 0.6) is 0 Å². The average molecular weight is 1280 g/mol. The van der Waals surface area contributed by atoms with Crippen LogP contribution in [0.15, 0.2) is 24.3 Å². The molecule has 0 aliphatic carbocycles. The lowest BCUT2D eigenvalue weighted by molar-refractivity contribution is -0.161. The maximum atomic E-state index is 13.0. The van der Waals surface area contributed by atoms with Gasteiger partial charge in [-0.25, -0.2) is 9.13 Å². The molecule has 0 aromatic rings. The van der Waals surface area contributed by atoms with Gasteiger partial charge in [0.25, 0.3) is 0 Å². The molecule has 0 saturated heterocycles. The smallest absolute Gasteiger partial charge is 0.462 e. The lowest BCUT2D eigenvalue weighted by atomic mass is 10.00. The number of hydrogen-bond donors (Lipinski definition) is 3. The van der Waals surface area contributed by atoms with Gasteiger partial charge in [0.1, 0.15) is 19.3 Å². The molecule has 3 N–H and O–H groups in total. The van der Waals surface area contributed by atoms with Crippen molar-refractivity contribution >= 4 is 39.5 Å². The number of esters is 4. The van der Waals surface area contributed by atoms with E-state index in [4.69, 9.17) is 37.0 Å². The molecule has 0 amide bonds. The van der Waals surface area contributed by atoms with E-state index < -0.39 is 97.5 Å². The number of aliphatic hydroxyl groups is 1. The largest absolute Gasteiger partial charge is 0.472 e. The van der Waals surface area contributed by atoms with Crippen LogP contribution < -0.4 is 0 Å². The van der Waals surface area contributed by atoms with Crippen LogP contribution >= 0.6 is 15.6 Å². The molecule has 0 bridgehead atoms. The minimum absolute atomic E-state index is 0.0960. The van der Waals surface area contributed by atoms with E-state index in [0.29, 0.717) is 31.6 Å². The molecule has 0 rings (SSSR count). The van der Waals surface area contributed by atoms with Gasteiger partial charge in [0, 0.05) is 25.7 Å². The predicted octanol–water partition coefficient (Wildman–Crippen LogP) is 18.6. The van der Waals surface area contributed by atoms with E-state index in [0.717, 1.165) is 127 Å². The number of carbonyl (C=O) groups is 4. The molecular formula is C68H128O17P2. The first-order valence-corrected chi connectivity index (χ1v) is 37.7. The average Bonchev–Trinajstić information content (AvgIpc) is 3.65. The van der Waals surface area contributed by atoms with Gasteiger partial charge in [-0.1, -0.05) is 259 Å². The topological polar surface area (TPSA) is 237 Å². The Morgan fingerprint density at radius 1 is 0.379 bits per heavy atom. The Morgan fingerprint density at radius 2 is 0.678 bits per heavy atom. The number of allylic oxidation sites excluding steroid dienone is 4. The highest BCUT2D eigenvalue weighted by molar-refractivity contribution is 7.47. The summed E-state index contributed by atoms with van der Waals surface area (Å²) in [5, 5.41) is 10.6. The molecule has 0 heterocycles. The molecule has 0 aliphatic rings. The lowest BCUT2D eigenvalue weighted by Crippen LogP contribution is -2.30. The summed E-state index contributed by atoms with van der Waals surface area (Å²) in [6.07, 6.45) is 44.1. The van der Waals surface area contributed by atoms with E-state index in [1.54, 1.807) is 0 Å². The first-order valence-electron chi connectivity index (χ1n) is 34.7. The van der Waals surface area contributed by atoms with Gasteiger partial charge in [-0.2, -0.15) is 0 Å². The van der Waals surface area contributed by atoms with E-state index in [-0.39, 0.29) is 25.7 Å². The van der Waals surface area contributed by atoms with Gasteiger partial charge >= 0.3 is 39.5 Å². The third kappa shape index (κ3) is 60.9. The number of carbonyl (C=O) groups excluding carboxylic acids is 4. The third-order valence-electron chi connectivity index (χ3n) is 15.4. The van der Waals surface area contributed by atoms with Gasteiger partial charge in [0.15, 0.2) is 12.2 Å². The van der Waals surface area contributed by atoms with Crippen molar-refractivity contribution < 1.29 is 80.2 Å². The fourth-order valence-electron chi connectivity index (χ4n) is 9.61. The first-order chi connectivity index (χ1) is 41.8. The summed E-state index contributed by atoms with van der Waals surface area (Å²) in [7, 11) is -9.91. The number of phosphoric acid groups is 2. The maximum absolute atomic E-state index is 13.0. The molecule has 17 nitrogen and oxygen atoms in total. The molecule has 0 spiro atoms. The highest BCUT2D eigenvalue weighted by Crippen LogP contribution is 2.45. The van der Waals surface area contributed by atoms with Gasteiger partial charge in [-0.3, -0.25) is 37.3 Å². The van der Waals surface area contributed by atoms with Crippen LogP contribution in [0.1, 0.15) is 312 Å². The zero-order valence-corrected chi connectivity index (χ0v) is 57.7. The lowest BCUT2D eigenvalue weighted by Gasteiger charge is -2.21. The Morgan fingerprint density at radius 3 is 1.02 bits per heavy atom. The Hall–Kier alpha value is -2.46. The van der Waals surface area contributed by atoms with E-state index in [9.17, 15) is 43.2 Å². The van der Waals surface area contributed by atoms with Crippen molar-refractivity contribution in [2.75, 3.05) is 39.6 Å². The summed E-state index contributed by atoms with van der Waals surface area (Å²) < 4.78 is 68.1. The zero-order valence-electron chi connectivity index (χ0n) is 56.0. The standard InChI is InChI=1S/C68H128O17P2/c1-8-10-11-12-13-14-15-16-17-18-19-22-27-35-42-49-65(70)78-55-63(85-68(73)52-45-38-29-24-26-33-40-47-60(5)6)57-82-86(74,75)80-53-62(69)54-81-87(76,77)83-58-64(56-79-66(71)50-43-36-31-30-34-41-48-61(7)9-2)84-67(72)51-44-37-28-23-20-21-25-32-39-46-59(3)4/h14-17,59-64,69H,8-13,18-58H2,1-7H3,(H,74,75)(H,76,77)/b15-14-,17-16-/t61?,62-,63-,64-/m1/s1. The summed E-state index contributed by atoms with van der Waals surface area (Å²) >= 11 is 0. The number of ether oxygens (including phenoxy) is 4. The summed E-state index contributed by atoms with van der Waals surface area (Å²) in [5.41, 5.74) is 0. The molecule has 0 fully saturated rings. The van der Waals surface area contributed by atoms with Crippen LogP contribution in [0.3, 0.4) is 0 Å². The second-order valence-corrected chi connectivity index (χ2v) is 28.0. The fraction of sp³-hybridized carbons (Fsp3) is 0.882. The normalized spacial score (nSPS) is 14.8. The quantitative estimate of drug-likeness (QED) is 0.0169. The van der Waals surface area contributed by atoms with Crippen molar-refractivity contribution in [3.05, 3.63) is 24.3 Å². The number of phosphoric ester groups is 2. The summed E-state index contributed by atoms with van der Waals surface area (Å²) in [6, 6.07) is 0. The Labute approximate surface area is 529 Å². The minimum Gasteiger partial charge on any atom is -0.462 e. The fourth-order valence-corrected chi connectivity index (χ4v) is 11.2. The Bertz CT molecular complexity index is 1810. The highest BCUT2D eigenvalue weighted by atomic mass is 31.2. The maximum Gasteiger partial charge on any atom is 0.472 e. The first kappa shape index (κ1) is 84.5. The number of unbranched alkanes of at least 4 members (excludes halogenated alkanes) is 28. The highest BCUT2D eigenvalue weighted by Gasteiger charge is 2.30. The van der Waals surface area contributed by atoms with Crippen molar-refractivity contribution in [1.29, 1.82) is 0 Å². The molecule has 0 saturated carbocycles. The summed E-state index contributed by atoms with van der Waals surface area (Å²) in [5.74, 6) is -0.00778. The van der Waals surface area contributed by atoms with Crippen LogP contribution in [-0.2, 0) is 65.4 Å². The summed E-state index contributed by atoms with van der Waals surface area (Å²) in [4.78, 5) is 72.4. The molecule has 512 valence electrons. The second-order valence-electron chi connectivity index (χ2n) is 25.1. The molecule has 0 aliphatic heterocycles. The van der Waals surface area contributed by atoms with Crippen molar-refractivity contribution in [2.45, 2.75) is 330 Å². The third-order valence-corrected chi connectivity index (χ3v) is 17.3. The number of hydrogen-bond acceptors (Lipinski definition) is 15. The van der Waals surface area contributed by atoms with E-state index >= 15 is 0 Å². The summed E-state index contributed by atoms with van der Waals surface area (Å²) in [6.45, 7) is 11.6. The van der Waals surface area contributed by atoms with Crippen molar-refractivity contribution in [3.63, 3.8) is 0 Å². The Balaban J connectivity index is 5.27. The molecule has 0 aromatic carbocycles. The van der Waals surface area contributed by atoms with E-state index in [2.05, 4.69) is 72.8 Å². The molecule has 6 atom stereocenters. The van der Waals surface area contributed by atoms with Crippen LogP contribution in [0.25, 0.3) is 0 Å². The second kappa shape index (κ2) is 58.6. The molecule has 19 heteroatoms. The van der Waals surface area contributed by atoms with Crippen molar-refractivity contribution in [2.24, 2.45) is 17.8 Å². The van der Waals surface area contributed by atoms with Gasteiger partial charge in [0.05, 0.1) is 26.4 Å². The molecule has 3 unspecified atom stereocenters. The Kier molecular flexibility index (Phi) is 57.0. The van der Waals surface area contributed by atoms with Gasteiger partial charge in [-0.15, -0.1) is 0 Å². The SMILES string of the molecule is CCCCCC/C=C\C=C/CCCCCCCC(=O)OC[C@H](COP(=O)(O)OC[C@@H](O)COP(=O)(O)OC[C@@H](COC(=O)CCCCCCCCC(C)CC)OC(=O)CCCCCCCCCCCC(C)C)OC(=O)CCCCCCCCCC(C)C. The zero-order chi connectivity index (χ0) is 64.5. The van der Waals surface area contributed by atoms with Gasteiger partial charge in [-0.05, 0) is 69.1 Å². The predicted molar refractivity (Wildman–Crippen MR) is 349 cm³/mol. The molecule has 0 radical (unpaired) electrons. The monoisotopic (exact) mass is 1280 g/mol. The van der Waals surface area contributed by atoms with Crippen LogP contribution in [-0.4, -0.2) is 96.7 Å². The molecular weight excluding hydrogens is 1150 g/mol. The van der Waals surface area contributed by atoms with E-state index in [1.807, 2.05) is 0 Å². The number of aliphatic hydroxyl groups excluding tert-OH is 1. The van der Waals surface area contributed by atoms with Crippen LogP contribution in [0.4, 0.5) is 0 Å². The van der Waals surface area contributed by atoms with E-state index in [1.165, 1.54) is 96.3 Å². The van der Waals surface area contributed by atoms with Crippen LogP contribution in [0.2, 0.25) is 0 Å². The molecule has 0 aromatic heterocycles.